The minimum atomic E-state index is -3.67. The highest BCUT2D eigenvalue weighted by atomic mass is 35.5. The predicted octanol–water partition coefficient (Wildman–Crippen LogP) is 3.53. The Labute approximate surface area is 168 Å². The number of methoxy groups -OCH3 is 2. The molecule has 0 spiro atoms. The zero-order valence-corrected chi connectivity index (χ0v) is 17.3. The standard InChI is InChI=1S/C18H20ClFN2O5S/c1-5-22(28(4,24)25)15-10-17(27-3)16(26-2)9-12(15)18(23)21-11-6-7-14(20)13(19)8-11/h6-10H,5H2,1-4H3,(H,21,23). The molecule has 28 heavy (non-hydrogen) atoms. The van der Waals surface area contributed by atoms with Gasteiger partial charge < -0.3 is 14.8 Å². The zero-order chi connectivity index (χ0) is 21.1. The fourth-order valence-electron chi connectivity index (χ4n) is 2.61. The van der Waals surface area contributed by atoms with Crippen molar-refractivity contribution in [2.24, 2.45) is 0 Å². The second kappa shape index (κ2) is 8.66. The Balaban J connectivity index is 2.59. The fourth-order valence-corrected chi connectivity index (χ4v) is 3.77. The molecule has 0 aromatic heterocycles. The largest absolute Gasteiger partial charge is 0.493 e. The molecule has 0 heterocycles. The molecule has 7 nitrogen and oxygen atoms in total. The van der Waals surface area contributed by atoms with Gasteiger partial charge in [-0.05, 0) is 31.2 Å². The van der Waals surface area contributed by atoms with Crippen LogP contribution in [-0.4, -0.2) is 41.3 Å². The lowest BCUT2D eigenvalue weighted by atomic mass is 10.1. The minimum absolute atomic E-state index is 0.0328. The molecule has 0 aliphatic heterocycles. The Morgan fingerprint density at radius 3 is 2.29 bits per heavy atom. The average Bonchev–Trinajstić information content (AvgIpc) is 2.63. The van der Waals surface area contributed by atoms with Gasteiger partial charge in [0.1, 0.15) is 5.82 Å². The van der Waals surface area contributed by atoms with Crippen LogP contribution in [0.3, 0.4) is 0 Å². The van der Waals surface area contributed by atoms with Gasteiger partial charge >= 0.3 is 0 Å². The summed E-state index contributed by atoms with van der Waals surface area (Å²) < 4.78 is 49.3. The Kier molecular flexibility index (Phi) is 6.73. The highest BCUT2D eigenvalue weighted by Crippen LogP contribution is 2.36. The summed E-state index contributed by atoms with van der Waals surface area (Å²) in [5.41, 5.74) is 0.401. The molecule has 0 atom stereocenters. The number of halogens is 2. The molecular weight excluding hydrogens is 411 g/mol. The fraction of sp³-hybridized carbons (Fsp3) is 0.278. The predicted molar refractivity (Wildman–Crippen MR) is 107 cm³/mol. The number of sulfonamides is 1. The van der Waals surface area contributed by atoms with Crippen molar-refractivity contribution >= 4 is 38.9 Å². The number of ether oxygens (including phenoxy) is 2. The summed E-state index contributed by atoms with van der Waals surface area (Å²) >= 11 is 5.74. The first-order valence-electron chi connectivity index (χ1n) is 8.12. The Morgan fingerprint density at radius 1 is 1.18 bits per heavy atom. The van der Waals surface area contributed by atoms with Gasteiger partial charge in [0.2, 0.25) is 10.0 Å². The number of anilines is 2. The maximum atomic E-state index is 13.3. The second-order valence-electron chi connectivity index (χ2n) is 5.74. The summed E-state index contributed by atoms with van der Waals surface area (Å²) in [6, 6.07) is 6.50. The van der Waals surface area contributed by atoms with E-state index in [-0.39, 0.29) is 40.0 Å². The van der Waals surface area contributed by atoms with Crippen LogP contribution in [0.25, 0.3) is 0 Å². The van der Waals surface area contributed by atoms with E-state index in [1.165, 1.54) is 38.5 Å². The molecule has 0 aliphatic rings. The normalized spacial score (nSPS) is 11.1. The lowest BCUT2D eigenvalue weighted by molar-refractivity contribution is 0.102. The molecule has 1 N–H and O–H groups in total. The highest BCUT2D eigenvalue weighted by molar-refractivity contribution is 7.92. The minimum Gasteiger partial charge on any atom is -0.493 e. The highest BCUT2D eigenvalue weighted by Gasteiger charge is 2.25. The van der Waals surface area contributed by atoms with Gasteiger partial charge in [0.15, 0.2) is 11.5 Å². The van der Waals surface area contributed by atoms with Crippen LogP contribution in [0.4, 0.5) is 15.8 Å². The number of rotatable bonds is 7. The van der Waals surface area contributed by atoms with Crippen LogP contribution >= 0.6 is 11.6 Å². The summed E-state index contributed by atoms with van der Waals surface area (Å²) in [4.78, 5) is 12.9. The molecule has 0 saturated carbocycles. The molecule has 2 aromatic carbocycles. The van der Waals surface area contributed by atoms with Crippen molar-refractivity contribution < 1.29 is 27.1 Å². The van der Waals surface area contributed by atoms with Crippen LogP contribution in [0.5, 0.6) is 11.5 Å². The van der Waals surface area contributed by atoms with Crippen LogP contribution in [0.15, 0.2) is 30.3 Å². The topological polar surface area (TPSA) is 84.9 Å². The first-order valence-corrected chi connectivity index (χ1v) is 10.3. The van der Waals surface area contributed by atoms with Crippen LogP contribution < -0.4 is 19.1 Å². The van der Waals surface area contributed by atoms with Crippen molar-refractivity contribution in [3.05, 3.63) is 46.7 Å². The van der Waals surface area contributed by atoms with Crippen molar-refractivity contribution in [3.63, 3.8) is 0 Å². The van der Waals surface area contributed by atoms with Gasteiger partial charge in [-0.3, -0.25) is 9.10 Å². The van der Waals surface area contributed by atoms with Crippen molar-refractivity contribution in [3.8, 4) is 11.5 Å². The van der Waals surface area contributed by atoms with Crippen LogP contribution in [0.2, 0.25) is 5.02 Å². The van der Waals surface area contributed by atoms with E-state index in [1.54, 1.807) is 6.92 Å². The Bertz CT molecular complexity index is 998. The zero-order valence-electron chi connectivity index (χ0n) is 15.7. The quantitative estimate of drug-likeness (QED) is 0.726. The van der Waals surface area contributed by atoms with E-state index in [2.05, 4.69) is 5.32 Å². The summed E-state index contributed by atoms with van der Waals surface area (Å²) in [7, 11) is -0.870. The van der Waals surface area contributed by atoms with Gasteiger partial charge in [-0.1, -0.05) is 11.6 Å². The number of nitrogens with zero attached hydrogens (tertiary/aromatic N) is 1. The monoisotopic (exact) mass is 430 g/mol. The number of hydrogen-bond acceptors (Lipinski definition) is 5. The molecule has 2 aromatic rings. The molecule has 152 valence electrons. The van der Waals surface area contributed by atoms with Gasteiger partial charge in [-0.2, -0.15) is 0 Å². The molecule has 0 saturated heterocycles. The molecule has 1 amide bonds. The maximum absolute atomic E-state index is 13.3. The third kappa shape index (κ3) is 4.66. The molecule has 2 rings (SSSR count). The summed E-state index contributed by atoms with van der Waals surface area (Å²) in [5, 5.41) is 2.42. The van der Waals surface area contributed by atoms with E-state index >= 15 is 0 Å². The van der Waals surface area contributed by atoms with Crippen molar-refractivity contribution in [2.75, 3.05) is 36.6 Å². The molecule has 0 fully saturated rings. The Morgan fingerprint density at radius 2 is 1.79 bits per heavy atom. The van der Waals surface area contributed by atoms with E-state index in [9.17, 15) is 17.6 Å². The van der Waals surface area contributed by atoms with Gasteiger partial charge in [-0.25, -0.2) is 12.8 Å². The third-order valence-corrected chi connectivity index (χ3v) is 5.43. The van der Waals surface area contributed by atoms with Crippen LogP contribution in [0.1, 0.15) is 17.3 Å². The smallest absolute Gasteiger partial charge is 0.257 e. The SMILES string of the molecule is CCN(c1cc(OC)c(OC)cc1C(=O)Nc1ccc(F)c(Cl)c1)S(C)(=O)=O. The van der Waals surface area contributed by atoms with Gasteiger partial charge in [0, 0.05) is 18.3 Å². The Hall–Kier alpha value is -2.52. The molecule has 0 bridgehead atoms. The number of carbonyl (C=O) groups excluding carboxylic acids is 1. The van der Waals surface area contributed by atoms with E-state index in [4.69, 9.17) is 21.1 Å². The molecule has 10 heteroatoms. The van der Waals surface area contributed by atoms with Crippen molar-refractivity contribution in [1.29, 1.82) is 0 Å². The molecule has 0 radical (unpaired) electrons. The number of hydrogen-bond donors (Lipinski definition) is 1. The van der Waals surface area contributed by atoms with Crippen molar-refractivity contribution in [2.45, 2.75) is 6.92 Å². The van der Waals surface area contributed by atoms with Gasteiger partial charge in [0.25, 0.3) is 5.91 Å². The van der Waals surface area contributed by atoms with E-state index < -0.39 is 21.7 Å². The number of amides is 1. The van der Waals surface area contributed by atoms with E-state index in [0.29, 0.717) is 0 Å². The van der Waals surface area contributed by atoms with E-state index in [1.807, 2.05) is 0 Å². The van der Waals surface area contributed by atoms with Gasteiger partial charge in [-0.15, -0.1) is 0 Å². The molecular formula is C18H20ClFN2O5S. The van der Waals surface area contributed by atoms with Gasteiger partial charge in [0.05, 0.1) is 36.7 Å². The lowest BCUT2D eigenvalue weighted by Gasteiger charge is -2.24. The summed E-state index contributed by atoms with van der Waals surface area (Å²) in [5.74, 6) is -0.736. The van der Waals surface area contributed by atoms with E-state index in [0.717, 1.165) is 16.6 Å². The summed E-state index contributed by atoms with van der Waals surface area (Å²) in [6.45, 7) is 1.73. The summed E-state index contributed by atoms with van der Waals surface area (Å²) in [6.07, 6.45) is 1.04. The first kappa shape index (κ1) is 21.8. The third-order valence-electron chi connectivity index (χ3n) is 3.88. The molecule has 0 unspecified atom stereocenters. The first-order chi connectivity index (χ1) is 13.1. The van der Waals surface area contributed by atoms with Crippen LogP contribution in [0, 0.1) is 5.82 Å². The molecule has 0 aliphatic carbocycles. The average molecular weight is 431 g/mol. The number of benzene rings is 2. The van der Waals surface area contributed by atoms with Crippen molar-refractivity contribution in [1.82, 2.24) is 0 Å². The lowest BCUT2D eigenvalue weighted by Crippen LogP contribution is -2.31. The maximum Gasteiger partial charge on any atom is 0.257 e. The number of carbonyl (C=O) groups is 1. The second-order valence-corrected chi connectivity index (χ2v) is 8.05. The van der Waals surface area contributed by atoms with Crippen LogP contribution in [-0.2, 0) is 10.0 Å². The number of nitrogens with one attached hydrogen (secondary N) is 1.